The largest absolute Gasteiger partial charge is 0.308 e. The summed E-state index contributed by atoms with van der Waals surface area (Å²) in [6, 6.07) is 0.717. The highest BCUT2D eigenvalue weighted by molar-refractivity contribution is 7.09. The Morgan fingerprint density at radius 2 is 2.25 bits per heavy atom. The molecule has 1 aromatic heterocycles. The lowest BCUT2D eigenvalue weighted by molar-refractivity contribution is 0.447. The molecule has 2 unspecified atom stereocenters. The molecule has 1 aliphatic rings. The highest BCUT2D eigenvalue weighted by Crippen LogP contribution is 2.23. The molecule has 1 saturated carbocycles. The predicted molar refractivity (Wildman–Crippen MR) is 69.7 cm³/mol. The van der Waals surface area contributed by atoms with Gasteiger partial charge in [-0.2, -0.15) is 0 Å². The molecular formula is C13H22N2S. The van der Waals surface area contributed by atoms with E-state index in [-0.39, 0.29) is 0 Å². The van der Waals surface area contributed by atoms with Crippen LogP contribution in [0.1, 0.15) is 49.7 Å². The van der Waals surface area contributed by atoms with Crippen molar-refractivity contribution >= 4 is 11.3 Å². The number of hydrogen-bond donors (Lipinski definition) is 1. The highest BCUT2D eigenvalue weighted by Gasteiger charge is 2.15. The molecule has 0 radical (unpaired) electrons. The Balaban J connectivity index is 1.77. The number of aryl methyl sites for hydroxylation is 1. The van der Waals surface area contributed by atoms with E-state index < -0.39 is 0 Å². The van der Waals surface area contributed by atoms with Gasteiger partial charge in [0.1, 0.15) is 5.01 Å². The van der Waals surface area contributed by atoms with Crippen molar-refractivity contribution in [2.75, 3.05) is 0 Å². The third-order valence-corrected chi connectivity index (χ3v) is 4.43. The van der Waals surface area contributed by atoms with Crippen LogP contribution in [-0.2, 0) is 6.54 Å². The van der Waals surface area contributed by atoms with Crippen LogP contribution in [0.15, 0.2) is 5.38 Å². The summed E-state index contributed by atoms with van der Waals surface area (Å²) in [6.07, 6.45) is 6.86. The Morgan fingerprint density at radius 1 is 1.38 bits per heavy atom. The van der Waals surface area contributed by atoms with Gasteiger partial charge in [0.2, 0.25) is 0 Å². The van der Waals surface area contributed by atoms with Crippen molar-refractivity contribution in [3.63, 3.8) is 0 Å². The van der Waals surface area contributed by atoms with Gasteiger partial charge in [-0.3, -0.25) is 0 Å². The minimum Gasteiger partial charge on any atom is -0.308 e. The van der Waals surface area contributed by atoms with Crippen LogP contribution in [0, 0.1) is 12.8 Å². The first kappa shape index (κ1) is 12.1. The van der Waals surface area contributed by atoms with E-state index in [9.17, 15) is 0 Å². The molecule has 0 aliphatic heterocycles. The van der Waals surface area contributed by atoms with Crippen molar-refractivity contribution < 1.29 is 0 Å². The summed E-state index contributed by atoms with van der Waals surface area (Å²) in [4.78, 5) is 4.49. The summed E-state index contributed by atoms with van der Waals surface area (Å²) in [5, 5.41) is 7.02. The van der Waals surface area contributed by atoms with E-state index in [1.165, 1.54) is 37.1 Å². The number of thiazole rings is 1. The van der Waals surface area contributed by atoms with Crippen LogP contribution >= 0.6 is 11.3 Å². The molecule has 2 atom stereocenters. The molecule has 3 heteroatoms. The molecule has 0 aromatic carbocycles. The minimum absolute atomic E-state index is 0.717. The van der Waals surface area contributed by atoms with Gasteiger partial charge in [-0.15, -0.1) is 11.3 Å². The monoisotopic (exact) mass is 238 g/mol. The van der Waals surface area contributed by atoms with Crippen molar-refractivity contribution in [1.29, 1.82) is 0 Å². The van der Waals surface area contributed by atoms with E-state index in [4.69, 9.17) is 0 Å². The lowest BCUT2D eigenvalue weighted by Gasteiger charge is -2.15. The van der Waals surface area contributed by atoms with E-state index in [1.807, 2.05) is 0 Å². The van der Waals surface area contributed by atoms with Gasteiger partial charge in [0.05, 0.1) is 0 Å². The third-order valence-electron chi connectivity index (χ3n) is 3.47. The lowest BCUT2D eigenvalue weighted by atomic mass is 10.0. The number of hydrogen-bond acceptors (Lipinski definition) is 3. The average Bonchev–Trinajstić information content (AvgIpc) is 2.56. The molecule has 1 heterocycles. The van der Waals surface area contributed by atoms with E-state index in [0.29, 0.717) is 6.04 Å². The quantitative estimate of drug-likeness (QED) is 0.815. The van der Waals surface area contributed by atoms with Gasteiger partial charge in [-0.05, 0) is 32.1 Å². The molecule has 0 spiro atoms. The normalized spacial score (nSPS) is 26.6. The summed E-state index contributed by atoms with van der Waals surface area (Å²) in [5.74, 6) is 0.925. The van der Waals surface area contributed by atoms with Crippen LogP contribution in [0.2, 0.25) is 0 Å². The van der Waals surface area contributed by atoms with Crippen LogP contribution in [0.25, 0.3) is 0 Å². The minimum atomic E-state index is 0.717. The smallest absolute Gasteiger partial charge is 0.107 e. The lowest BCUT2D eigenvalue weighted by Crippen LogP contribution is -2.27. The number of nitrogens with one attached hydrogen (secondary N) is 1. The molecule has 2 nitrogen and oxygen atoms in total. The summed E-state index contributed by atoms with van der Waals surface area (Å²) in [7, 11) is 0. The van der Waals surface area contributed by atoms with Gasteiger partial charge in [-0.1, -0.05) is 19.8 Å². The second kappa shape index (κ2) is 5.78. The average molecular weight is 238 g/mol. The van der Waals surface area contributed by atoms with Gasteiger partial charge in [0, 0.05) is 23.7 Å². The summed E-state index contributed by atoms with van der Waals surface area (Å²) in [6.45, 7) is 5.40. The number of nitrogens with zero attached hydrogens (tertiary/aromatic N) is 1. The fourth-order valence-corrected chi connectivity index (χ4v) is 3.13. The first-order valence-electron chi connectivity index (χ1n) is 6.38. The summed E-state index contributed by atoms with van der Waals surface area (Å²) >= 11 is 1.77. The Morgan fingerprint density at radius 3 is 3.00 bits per heavy atom. The SMILES string of the molecule is Cc1csc(CNC2CCCC(C)CC2)n1. The van der Waals surface area contributed by atoms with E-state index >= 15 is 0 Å². The topological polar surface area (TPSA) is 24.9 Å². The molecular weight excluding hydrogens is 216 g/mol. The second-order valence-electron chi connectivity index (χ2n) is 5.07. The van der Waals surface area contributed by atoms with Crippen molar-refractivity contribution in [2.45, 2.75) is 58.5 Å². The van der Waals surface area contributed by atoms with Crippen molar-refractivity contribution in [1.82, 2.24) is 10.3 Å². The van der Waals surface area contributed by atoms with Gasteiger partial charge in [0.25, 0.3) is 0 Å². The second-order valence-corrected chi connectivity index (χ2v) is 6.02. The van der Waals surface area contributed by atoms with Gasteiger partial charge in [-0.25, -0.2) is 4.98 Å². The maximum Gasteiger partial charge on any atom is 0.107 e. The molecule has 2 rings (SSSR count). The zero-order valence-corrected chi connectivity index (χ0v) is 11.1. The Hall–Kier alpha value is -0.410. The van der Waals surface area contributed by atoms with Crippen LogP contribution in [-0.4, -0.2) is 11.0 Å². The fourth-order valence-electron chi connectivity index (χ4n) is 2.41. The highest BCUT2D eigenvalue weighted by atomic mass is 32.1. The van der Waals surface area contributed by atoms with Gasteiger partial charge < -0.3 is 5.32 Å². The van der Waals surface area contributed by atoms with Crippen LogP contribution < -0.4 is 5.32 Å². The fraction of sp³-hybridized carbons (Fsp3) is 0.769. The van der Waals surface area contributed by atoms with Crippen molar-refractivity contribution in [2.24, 2.45) is 5.92 Å². The van der Waals surface area contributed by atoms with Crippen molar-refractivity contribution in [3.05, 3.63) is 16.1 Å². The molecule has 90 valence electrons. The molecule has 1 aromatic rings. The Kier molecular flexibility index (Phi) is 4.36. The molecule has 1 aliphatic carbocycles. The number of aromatic nitrogens is 1. The molecule has 0 saturated heterocycles. The maximum atomic E-state index is 4.49. The van der Waals surface area contributed by atoms with Crippen LogP contribution in [0.5, 0.6) is 0 Å². The molecule has 0 bridgehead atoms. The van der Waals surface area contributed by atoms with Gasteiger partial charge >= 0.3 is 0 Å². The Bertz CT molecular complexity index is 321. The molecule has 16 heavy (non-hydrogen) atoms. The number of rotatable bonds is 3. The van der Waals surface area contributed by atoms with E-state index in [1.54, 1.807) is 11.3 Å². The van der Waals surface area contributed by atoms with Crippen LogP contribution in [0.3, 0.4) is 0 Å². The Labute approximate surface area is 102 Å². The molecule has 1 fully saturated rings. The molecule has 0 amide bonds. The first-order valence-corrected chi connectivity index (χ1v) is 7.26. The maximum absolute atomic E-state index is 4.49. The summed E-state index contributed by atoms with van der Waals surface area (Å²) < 4.78 is 0. The van der Waals surface area contributed by atoms with E-state index in [0.717, 1.165) is 18.2 Å². The van der Waals surface area contributed by atoms with E-state index in [2.05, 4.69) is 29.5 Å². The van der Waals surface area contributed by atoms with Crippen LogP contribution in [0.4, 0.5) is 0 Å². The molecule has 1 N–H and O–H groups in total. The third kappa shape index (κ3) is 3.56. The zero-order chi connectivity index (χ0) is 11.4. The predicted octanol–water partition coefficient (Wildman–Crippen LogP) is 3.51. The van der Waals surface area contributed by atoms with Crippen molar-refractivity contribution in [3.8, 4) is 0 Å². The standard InChI is InChI=1S/C13H22N2S/c1-10-4-3-5-12(7-6-10)14-8-13-15-11(2)9-16-13/h9-10,12,14H,3-8H2,1-2H3. The van der Waals surface area contributed by atoms with Gasteiger partial charge in [0.15, 0.2) is 0 Å². The first-order chi connectivity index (χ1) is 7.74. The summed E-state index contributed by atoms with van der Waals surface area (Å²) in [5.41, 5.74) is 1.15. The zero-order valence-electron chi connectivity index (χ0n) is 10.3.